The first-order chi connectivity index (χ1) is 6.29. The van der Waals surface area contributed by atoms with E-state index in [4.69, 9.17) is 11.1 Å². The summed E-state index contributed by atoms with van der Waals surface area (Å²) in [7, 11) is 0. The number of hydrogen-bond donors (Lipinski definition) is 3. The van der Waals surface area contributed by atoms with Crippen LogP contribution in [0.5, 0.6) is 0 Å². The molecular weight excluding hydrogens is 184 g/mol. The second-order valence-electron chi connectivity index (χ2n) is 2.53. The lowest BCUT2D eigenvalue weighted by Crippen LogP contribution is -2.10. The lowest BCUT2D eigenvalue weighted by molar-refractivity contribution is 1.39. The molecule has 0 aromatic carbocycles. The van der Waals surface area contributed by atoms with Crippen molar-refractivity contribution >= 4 is 17.2 Å². The lowest BCUT2D eigenvalue weighted by atomic mass is 10.2. The van der Waals surface area contributed by atoms with Crippen LogP contribution in [0, 0.1) is 5.41 Å². The molecule has 0 aliphatic carbocycles. The maximum atomic E-state index is 7.33. The van der Waals surface area contributed by atoms with E-state index < -0.39 is 0 Å². The van der Waals surface area contributed by atoms with Gasteiger partial charge in [-0.3, -0.25) is 5.41 Å². The highest BCUT2D eigenvalue weighted by Gasteiger charge is 2.09. The number of nitrogen functional groups attached to an aromatic ring is 1. The number of aromatic nitrogens is 2. The average molecular weight is 192 g/mol. The summed E-state index contributed by atoms with van der Waals surface area (Å²) < 4.78 is 0. The van der Waals surface area contributed by atoms with Gasteiger partial charge in [0.1, 0.15) is 10.8 Å². The van der Waals surface area contributed by atoms with E-state index in [0.717, 1.165) is 10.6 Å². The van der Waals surface area contributed by atoms with Gasteiger partial charge >= 0.3 is 0 Å². The largest absolute Gasteiger partial charge is 0.384 e. The van der Waals surface area contributed by atoms with Gasteiger partial charge in [0.15, 0.2) is 0 Å². The minimum absolute atomic E-state index is 0.0615. The molecule has 0 amide bonds. The van der Waals surface area contributed by atoms with Crippen LogP contribution in [0.2, 0.25) is 0 Å². The van der Waals surface area contributed by atoms with Crippen molar-refractivity contribution < 1.29 is 0 Å². The summed E-state index contributed by atoms with van der Waals surface area (Å²) in [6, 6.07) is 0. The molecule has 4 nitrogen and oxygen atoms in total. The van der Waals surface area contributed by atoms with E-state index in [1.165, 1.54) is 11.3 Å². The van der Waals surface area contributed by atoms with Crippen LogP contribution in [0.1, 0.15) is 5.56 Å². The van der Waals surface area contributed by atoms with Crippen molar-refractivity contribution in [1.29, 1.82) is 5.41 Å². The fraction of sp³-hybridized carbons (Fsp3) is 0. The van der Waals surface area contributed by atoms with Gasteiger partial charge in [-0.05, 0) is 0 Å². The zero-order valence-electron chi connectivity index (χ0n) is 6.74. The highest BCUT2D eigenvalue weighted by Crippen LogP contribution is 2.24. The zero-order chi connectivity index (χ0) is 9.26. The molecule has 0 unspecified atom stereocenters. The van der Waals surface area contributed by atoms with Crippen molar-refractivity contribution in [3.63, 3.8) is 0 Å². The second-order valence-corrected chi connectivity index (χ2v) is 3.43. The molecule has 0 radical (unpaired) electrons. The van der Waals surface area contributed by atoms with Gasteiger partial charge in [0.25, 0.3) is 0 Å². The summed E-state index contributed by atoms with van der Waals surface area (Å²) >= 11 is 1.53. The van der Waals surface area contributed by atoms with Crippen LogP contribution in [0.15, 0.2) is 24.0 Å². The smallest absolute Gasteiger partial charge is 0.125 e. The van der Waals surface area contributed by atoms with Crippen LogP contribution >= 0.6 is 11.3 Å². The Kier molecular flexibility index (Phi) is 1.86. The van der Waals surface area contributed by atoms with Crippen molar-refractivity contribution in [2.45, 2.75) is 0 Å². The van der Waals surface area contributed by atoms with Crippen LogP contribution in [-0.4, -0.2) is 15.8 Å². The molecule has 2 aromatic heterocycles. The Morgan fingerprint density at radius 3 is 3.00 bits per heavy atom. The summed E-state index contributed by atoms with van der Waals surface area (Å²) in [4.78, 5) is 7.06. The standard InChI is InChI=1S/C8H8N4S/c9-7(10)5-3-11-4-6(5)8-12-1-2-13-8/h1-4,11H,(H3,9,10). The minimum atomic E-state index is 0.0615. The van der Waals surface area contributed by atoms with Crippen molar-refractivity contribution in [2.75, 3.05) is 0 Å². The van der Waals surface area contributed by atoms with Crippen LogP contribution in [-0.2, 0) is 0 Å². The molecule has 0 aliphatic rings. The normalized spacial score (nSPS) is 10.2. The number of nitrogens with two attached hydrogens (primary N) is 1. The number of hydrogen-bond acceptors (Lipinski definition) is 3. The van der Waals surface area contributed by atoms with Gasteiger partial charge in [-0.15, -0.1) is 11.3 Å². The number of H-pyrrole nitrogens is 1. The average Bonchev–Trinajstić information content (AvgIpc) is 2.74. The Balaban J connectivity index is 2.52. The summed E-state index contributed by atoms with van der Waals surface area (Å²) in [6.45, 7) is 0. The molecule has 2 rings (SSSR count). The molecule has 5 heteroatoms. The third kappa shape index (κ3) is 1.33. The molecule has 66 valence electrons. The van der Waals surface area contributed by atoms with Gasteiger partial charge in [-0.1, -0.05) is 0 Å². The Hall–Kier alpha value is -1.62. The first kappa shape index (κ1) is 8.00. The van der Waals surface area contributed by atoms with Crippen molar-refractivity contribution in [2.24, 2.45) is 5.73 Å². The highest BCUT2D eigenvalue weighted by molar-refractivity contribution is 7.13. The fourth-order valence-corrected chi connectivity index (χ4v) is 1.79. The second kappa shape index (κ2) is 3.02. The van der Waals surface area contributed by atoms with E-state index in [0.29, 0.717) is 5.56 Å². The molecule has 13 heavy (non-hydrogen) atoms. The van der Waals surface area contributed by atoms with E-state index in [2.05, 4.69) is 9.97 Å². The SMILES string of the molecule is N=C(N)c1c[nH]cc1-c1nccs1. The molecular formula is C8H8N4S. The number of nitrogens with one attached hydrogen (secondary N) is 2. The van der Waals surface area contributed by atoms with Crippen molar-refractivity contribution in [3.8, 4) is 10.6 Å². The molecule has 0 saturated carbocycles. The number of rotatable bonds is 2. The molecule has 0 bridgehead atoms. The topological polar surface area (TPSA) is 78.5 Å². The molecule has 2 aromatic rings. The summed E-state index contributed by atoms with van der Waals surface area (Å²) in [5.74, 6) is 0.0615. The van der Waals surface area contributed by atoms with Gasteiger partial charge < -0.3 is 10.7 Å². The van der Waals surface area contributed by atoms with E-state index >= 15 is 0 Å². The molecule has 2 heterocycles. The van der Waals surface area contributed by atoms with Gasteiger partial charge in [0.2, 0.25) is 0 Å². The Morgan fingerprint density at radius 1 is 1.54 bits per heavy atom. The minimum Gasteiger partial charge on any atom is -0.384 e. The molecule has 0 spiro atoms. The molecule has 0 aliphatic heterocycles. The summed E-state index contributed by atoms with van der Waals surface area (Å²) in [5.41, 5.74) is 7.00. The van der Waals surface area contributed by atoms with Gasteiger partial charge in [0, 0.05) is 35.1 Å². The van der Waals surface area contributed by atoms with Crippen LogP contribution < -0.4 is 5.73 Å². The number of amidine groups is 1. The zero-order valence-corrected chi connectivity index (χ0v) is 7.56. The molecule has 0 saturated heterocycles. The molecule has 0 fully saturated rings. The Labute approximate surface area is 78.9 Å². The first-order valence-electron chi connectivity index (χ1n) is 3.70. The van der Waals surface area contributed by atoms with Gasteiger partial charge in [0.05, 0.1) is 0 Å². The monoisotopic (exact) mass is 192 g/mol. The Bertz CT molecular complexity index is 415. The van der Waals surface area contributed by atoms with Crippen LogP contribution in [0.4, 0.5) is 0 Å². The first-order valence-corrected chi connectivity index (χ1v) is 4.58. The summed E-state index contributed by atoms with van der Waals surface area (Å²) in [5, 5.41) is 10.1. The van der Waals surface area contributed by atoms with Crippen molar-refractivity contribution in [1.82, 2.24) is 9.97 Å². The van der Waals surface area contributed by atoms with E-state index in [-0.39, 0.29) is 5.84 Å². The maximum absolute atomic E-state index is 7.33. The number of thiazole rings is 1. The Morgan fingerprint density at radius 2 is 2.38 bits per heavy atom. The maximum Gasteiger partial charge on any atom is 0.125 e. The highest BCUT2D eigenvalue weighted by atomic mass is 32.1. The predicted molar refractivity (Wildman–Crippen MR) is 52.9 cm³/mol. The van der Waals surface area contributed by atoms with E-state index in [1.54, 1.807) is 18.6 Å². The van der Waals surface area contributed by atoms with Gasteiger partial charge in [-0.25, -0.2) is 4.98 Å². The number of aromatic amines is 1. The summed E-state index contributed by atoms with van der Waals surface area (Å²) in [6.07, 6.45) is 5.24. The van der Waals surface area contributed by atoms with Crippen LogP contribution in [0.25, 0.3) is 10.6 Å². The molecule has 4 N–H and O–H groups in total. The number of nitrogens with zero attached hydrogens (tertiary/aromatic N) is 1. The third-order valence-electron chi connectivity index (χ3n) is 1.70. The third-order valence-corrected chi connectivity index (χ3v) is 2.50. The van der Waals surface area contributed by atoms with E-state index in [9.17, 15) is 0 Å². The van der Waals surface area contributed by atoms with Crippen LogP contribution in [0.3, 0.4) is 0 Å². The van der Waals surface area contributed by atoms with Gasteiger partial charge in [-0.2, -0.15) is 0 Å². The molecule has 0 atom stereocenters. The van der Waals surface area contributed by atoms with Crippen molar-refractivity contribution in [3.05, 3.63) is 29.5 Å². The predicted octanol–water partition coefficient (Wildman–Crippen LogP) is 1.42. The van der Waals surface area contributed by atoms with E-state index in [1.807, 2.05) is 5.38 Å². The quantitative estimate of drug-likeness (QED) is 0.497. The fourth-order valence-electron chi connectivity index (χ4n) is 1.12. The lowest BCUT2D eigenvalue weighted by Gasteiger charge is -1.96.